The van der Waals surface area contributed by atoms with Crippen molar-refractivity contribution in [2.75, 3.05) is 11.9 Å². The molecule has 0 radical (unpaired) electrons. The second-order valence-electron chi connectivity index (χ2n) is 5.29. The zero-order valence-corrected chi connectivity index (χ0v) is 13.3. The zero-order chi connectivity index (χ0) is 18.4. The molecule has 4 nitrogen and oxygen atoms in total. The number of halogens is 4. The van der Waals surface area contributed by atoms with Crippen molar-refractivity contribution < 1.29 is 27.1 Å². The summed E-state index contributed by atoms with van der Waals surface area (Å²) in [6, 6.07) is 9.71. The summed E-state index contributed by atoms with van der Waals surface area (Å²) in [4.78, 5) is 11.8. The monoisotopic (exact) mass is 356 g/mol. The van der Waals surface area contributed by atoms with Crippen LogP contribution in [0.4, 0.5) is 23.2 Å². The molecule has 2 aromatic rings. The van der Waals surface area contributed by atoms with E-state index < -0.39 is 6.36 Å². The van der Waals surface area contributed by atoms with Crippen LogP contribution in [-0.2, 0) is 11.3 Å². The number of carbonyl (C=O) groups is 1. The quantitative estimate of drug-likeness (QED) is 0.775. The lowest BCUT2D eigenvalue weighted by Gasteiger charge is -2.11. The average molecular weight is 356 g/mol. The summed E-state index contributed by atoms with van der Waals surface area (Å²) in [5.74, 6) is -1.05. The number of hydrogen-bond donors (Lipinski definition) is 2. The molecular weight excluding hydrogens is 340 g/mol. The van der Waals surface area contributed by atoms with Crippen molar-refractivity contribution in [3.8, 4) is 5.75 Å². The van der Waals surface area contributed by atoms with Crippen LogP contribution in [0.25, 0.3) is 0 Å². The highest BCUT2D eigenvalue weighted by molar-refractivity contribution is 5.80. The summed E-state index contributed by atoms with van der Waals surface area (Å²) < 4.78 is 53.5. The lowest BCUT2D eigenvalue weighted by molar-refractivity contribution is -0.274. The molecule has 0 saturated carbocycles. The van der Waals surface area contributed by atoms with Gasteiger partial charge in [0.1, 0.15) is 11.6 Å². The molecule has 0 saturated heterocycles. The fraction of sp³-hybridized carbons (Fsp3) is 0.235. The SMILES string of the molecule is Cc1cc(CNC(=O)CNc2cccc(OC(F)(F)F)c2)ccc1F. The number of amides is 1. The van der Waals surface area contributed by atoms with Gasteiger partial charge in [0.05, 0.1) is 6.54 Å². The average Bonchev–Trinajstić information content (AvgIpc) is 2.53. The molecule has 0 atom stereocenters. The van der Waals surface area contributed by atoms with Crippen molar-refractivity contribution in [2.24, 2.45) is 0 Å². The number of ether oxygens (including phenoxy) is 1. The molecule has 0 heterocycles. The minimum Gasteiger partial charge on any atom is -0.406 e. The highest BCUT2D eigenvalue weighted by Gasteiger charge is 2.31. The summed E-state index contributed by atoms with van der Waals surface area (Å²) in [6.07, 6.45) is -4.77. The topological polar surface area (TPSA) is 50.4 Å². The molecule has 8 heteroatoms. The molecule has 2 N–H and O–H groups in total. The molecule has 0 spiro atoms. The number of aryl methyl sites for hydroxylation is 1. The standard InChI is InChI=1S/C17H16F4N2O2/c1-11-7-12(5-6-15(11)18)9-23-16(24)10-22-13-3-2-4-14(8-13)25-17(19,20)21/h2-8,22H,9-10H2,1H3,(H,23,24). The van der Waals surface area contributed by atoms with Gasteiger partial charge in [-0.1, -0.05) is 18.2 Å². The van der Waals surface area contributed by atoms with E-state index in [9.17, 15) is 22.4 Å². The smallest absolute Gasteiger partial charge is 0.406 e. The maximum atomic E-state index is 13.2. The first-order chi connectivity index (χ1) is 11.7. The van der Waals surface area contributed by atoms with E-state index in [-0.39, 0.29) is 30.6 Å². The molecule has 0 fully saturated rings. The molecule has 0 aliphatic carbocycles. The molecule has 0 bridgehead atoms. The van der Waals surface area contributed by atoms with Crippen LogP contribution in [-0.4, -0.2) is 18.8 Å². The number of benzene rings is 2. The minimum absolute atomic E-state index is 0.129. The van der Waals surface area contributed by atoms with Gasteiger partial charge in [0.25, 0.3) is 0 Å². The van der Waals surface area contributed by atoms with E-state index in [1.165, 1.54) is 18.2 Å². The number of nitrogens with one attached hydrogen (secondary N) is 2. The summed E-state index contributed by atoms with van der Waals surface area (Å²) >= 11 is 0. The van der Waals surface area contributed by atoms with Gasteiger partial charge in [-0.3, -0.25) is 4.79 Å². The Morgan fingerprint density at radius 3 is 2.60 bits per heavy atom. The van der Waals surface area contributed by atoms with Crippen molar-refractivity contribution >= 4 is 11.6 Å². The zero-order valence-electron chi connectivity index (χ0n) is 13.3. The van der Waals surface area contributed by atoms with Crippen LogP contribution in [0.1, 0.15) is 11.1 Å². The summed E-state index contributed by atoms with van der Waals surface area (Å²) in [5.41, 5.74) is 1.54. The van der Waals surface area contributed by atoms with Gasteiger partial charge in [-0.05, 0) is 36.2 Å². The first-order valence-corrected chi connectivity index (χ1v) is 7.34. The number of anilines is 1. The fourth-order valence-electron chi connectivity index (χ4n) is 2.07. The Morgan fingerprint density at radius 1 is 1.16 bits per heavy atom. The Labute approximate surface area is 141 Å². The molecule has 2 aromatic carbocycles. The first-order valence-electron chi connectivity index (χ1n) is 7.34. The molecule has 134 valence electrons. The van der Waals surface area contributed by atoms with Crippen LogP contribution in [0.15, 0.2) is 42.5 Å². The lowest BCUT2D eigenvalue weighted by atomic mass is 10.1. The van der Waals surface area contributed by atoms with Crippen molar-refractivity contribution in [1.29, 1.82) is 0 Å². The van der Waals surface area contributed by atoms with Gasteiger partial charge in [0, 0.05) is 18.3 Å². The predicted octanol–water partition coefficient (Wildman–Crippen LogP) is 3.76. The third-order valence-electron chi connectivity index (χ3n) is 3.23. The molecule has 2 rings (SSSR count). The Kier molecular flexibility index (Phi) is 5.84. The van der Waals surface area contributed by atoms with E-state index in [1.54, 1.807) is 19.1 Å². The van der Waals surface area contributed by atoms with E-state index in [0.717, 1.165) is 17.7 Å². The van der Waals surface area contributed by atoms with Gasteiger partial charge in [0.2, 0.25) is 5.91 Å². The van der Waals surface area contributed by atoms with Crippen LogP contribution in [0.3, 0.4) is 0 Å². The minimum atomic E-state index is -4.77. The van der Waals surface area contributed by atoms with E-state index in [1.807, 2.05) is 0 Å². The fourth-order valence-corrected chi connectivity index (χ4v) is 2.07. The van der Waals surface area contributed by atoms with E-state index in [2.05, 4.69) is 15.4 Å². The summed E-state index contributed by atoms with van der Waals surface area (Å²) in [6.45, 7) is 1.72. The maximum Gasteiger partial charge on any atom is 0.573 e. The molecule has 0 aromatic heterocycles. The maximum absolute atomic E-state index is 13.2. The van der Waals surface area contributed by atoms with Crippen molar-refractivity contribution in [3.63, 3.8) is 0 Å². The van der Waals surface area contributed by atoms with Crippen molar-refractivity contribution in [3.05, 3.63) is 59.4 Å². The molecule has 0 aliphatic rings. The number of alkyl halides is 3. The van der Waals surface area contributed by atoms with E-state index in [4.69, 9.17) is 0 Å². The third-order valence-corrected chi connectivity index (χ3v) is 3.23. The van der Waals surface area contributed by atoms with Gasteiger partial charge >= 0.3 is 6.36 Å². The largest absolute Gasteiger partial charge is 0.573 e. The number of hydrogen-bond acceptors (Lipinski definition) is 3. The Balaban J connectivity index is 1.83. The van der Waals surface area contributed by atoms with Gasteiger partial charge in [-0.15, -0.1) is 13.2 Å². The van der Waals surface area contributed by atoms with Crippen LogP contribution >= 0.6 is 0 Å². The van der Waals surface area contributed by atoms with Crippen molar-refractivity contribution in [1.82, 2.24) is 5.32 Å². The van der Waals surface area contributed by atoms with Crippen LogP contribution in [0.2, 0.25) is 0 Å². The second-order valence-corrected chi connectivity index (χ2v) is 5.29. The molecule has 1 amide bonds. The summed E-state index contributed by atoms with van der Waals surface area (Å²) in [5, 5.41) is 5.34. The summed E-state index contributed by atoms with van der Waals surface area (Å²) in [7, 11) is 0. The normalized spacial score (nSPS) is 11.1. The molecule has 0 aliphatic heterocycles. The first kappa shape index (κ1) is 18.6. The van der Waals surface area contributed by atoms with Gasteiger partial charge in [-0.25, -0.2) is 4.39 Å². The molecular formula is C17H16F4N2O2. The third kappa shape index (κ3) is 6.33. The van der Waals surface area contributed by atoms with Crippen LogP contribution < -0.4 is 15.4 Å². The van der Waals surface area contributed by atoms with Gasteiger partial charge in [0.15, 0.2) is 0 Å². The Hall–Kier alpha value is -2.77. The molecule has 25 heavy (non-hydrogen) atoms. The van der Waals surface area contributed by atoms with E-state index in [0.29, 0.717) is 11.3 Å². The van der Waals surface area contributed by atoms with Crippen molar-refractivity contribution in [2.45, 2.75) is 19.8 Å². The second kappa shape index (κ2) is 7.87. The van der Waals surface area contributed by atoms with E-state index >= 15 is 0 Å². The lowest BCUT2D eigenvalue weighted by Crippen LogP contribution is -2.29. The van der Waals surface area contributed by atoms with Crippen LogP contribution in [0, 0.1) is 12.7 Å². The van der Waals surface area contributed by atoms with Gasteiger partial charge < -0.3 is 15.4 Å². The number of rotatable bonds is 6. The predicted molar refractivity (Wildman–Crippen MR) is 84.6 cm³/mol. The number of carbonyl (C=O) groups excluding carboxylic acids is 1. The Bertz CT molecular complexity index is 748. The Morgan fingerprint density at radius 2 is 1.92 bits per heavy atom. The highest BCUT2D eigenvalue weighted by Crippen LogP contribution is 2.24. The van der Waals surface area contributed by atoms with Gasteiger partial charge in [-0.2, -0.15) is 0 Å². The highest BCUT2D eigenvalue weighted by atomic mass is 19.4. The van der Waals surface area contributed by atoms with Crippen LogP contribution in [0.5, 0.6) is 5.75 Å². The molecule has 0 unspecified atom stereocenters.